The molecule has 5 nitrogen and oxygen atoms in total. The van der Waals surface area contributed by atoms with Crippen molar-refractivity contribution in [3.8, 4) is 0 Å². The summed E-state index contributed by atoms with van der Waals surface area (Å²) in [5.41, 5.74) is 6.81. The standard InChI is InChI=1S/C14H14FN3O2S/c1-9-2-3-10(14(16)17)8-13(9)18-21(19,20)12-6-4-11(15)5-7-12/h2-8,18H,1H3,(H3,16,17). The van der Waals surface area contributed by atoms with Crippen LogP contribution in [-0.4, -0.2) is 14.3 Å². The first-order valence-corrected chi connectivity index (χ1v) is 7.51. The maximum Gasteiger partial charge on any atom is 0.261 e. The number of anilines is 1. The van der Waals surface area contributed by atoms with Gasteiger partial charge in [-0.15, -0.1) is 0 Å². The highest BCUT2D eigenvalue weighted by Crippen LogP contribution is 2.21. The molecule has 2 aromatic rings. The summed E-state index contributed by atoms with van der Waals surface area (Å²) in [5.74, 6) is -0.666. The molecule has 110 valence electrons. The summed E-state index contributed by atoms with van der Waals surface area (Å²) in [4.78, 5) is -0.0449. The van der Waals surface area contributed by atoms with Crippen LogP contribution in [0.1, 0.15) is 11.1 Å². The van der Waals surface area contributed by atoms with E-state index in [0.29, 0.717) is 16.8 Å². The van der Waals surface area contributed by atoms with E-state index in [4.69, 9.17) is 11.1 Å². The molecule has 7 heteroatoms. The minimum atomic E-state index is -3.82. The highest BCUT2D eigenvalue weighted by Gasteiger charge is 2.15. The predicted molar refractivity (Wildman–Crippen MR) is 79.4 cm³/mol. The molecule has 0 heterocycles. The van der Waals surface area contributed by atoms with Gasteiger partial charge in [-0.3, -0.25) is 10.1 Å². The molecule has 0 bridgehead atoms. The van der Waals surface area contributed by atoms with Gasteiger partial charge in [0.1, 0.15) is 11.7 Å². The average molecular weight is 307 g/mol. The van der Waals surface area contributed by atoms with Gasteiger partial charge < -0.3 is 5.73 Å². The lowest BCUT2D eigenvalue weighted by atomic mass is 10.1. The van der Waals surface area contributed by atoms with Crippen molar-refractivity contribution < 1.29 is 12.8 Å². The third kappa shape index (κ3) is 3.38. The first kappa shape index (κ1) is 15.0. The first-order chi connectivity index (χ1) is 9.79. The molecule has 0 aliphatic carbocycles. The van der Waals surface area contributed by atoms with Crippen LogP contribution < -0.4 is 10.5 Å². The fourth-order valence-electron chi connectivity index (χ4n) is 1.72. The zero-order chi connectivity index (χ0) is 15.6. The van der Waals surface area contributed by atoms with Gasteiger partial charge in [0.2, 0.25) is 0 Å². The summed E-state index contributed by atoms with van der Waals surface area (Å²) in [7, 11) is -3.82. The molecule has 2 aromatic carbocycles. The van der Waals surface area contributed by atoms with Gasteiger partial charge in [-0.2, -0.15) is 0 Å². The molecule has 0 radical (unpaired) electrons. The van der Waals surface area contributed by atoms with Gasteiger partial charge in [0.15, 0.2) is 0 Å². The van der Waals surface area contributed by atoms with Crippen molar-refractivity contribution in [3.05, 3.63) is 59.4 Å². The van der Waals surface area contributed by atoms with Crippen LogP contribution in [0.25, 0.3) is 0 Å². The van der Waals surface area contributed by atoms with E-state index in [1.54, 1.807) is 19.1 Å². The van der Waals surface area contributed by atoms with Crippen molar-refractivity contribution >= 4 is 21.5 Å². The van der Waals surface area contributed by atoms with Crippen LogP contribution in [-0.2, 0) is 10.0 Å². The predicted octanol–water partition coefficient (Wildman–Crippen LogP) is 2.22. The minimum Gasteiger partial charge on any atom is -0.384 e. The van der Waals surface area contributed by atoms with Crippen LogP contribution in [0.4, 0.5) is 10.1 Å². The van der Waals surface area contributed by atoms with Crippen molar-refractivity contribution in [1.29, 1.82) is 5.41 Å². The fourth-order valence-corrected chi connectivity index (χ4v) is 2.84. The normalized spacial score (nSPS) is 11.1. The lowest BCUT2D eigenvalue weighted by Gasteiger charge is -2.12. The Kier molecular flexibility index (Phi) is 3.95. The molecular weight excluding hydrogens is 293 g/mol. The molecule has 0 fully saturated rings. The van der Waals surface area contributed by atoms with E-state index in [1.165, 1.54) is 18.2 Å². The first-order valence-electron chi connectivity index (χ1n) is 6.03. The van der Waals surface area contributed by atoms with E-state index in [-0.39, 0.29) is 10.7 Å². The van der Waals surface area contributed by atoms with E-state index in [1.807, 2.05) is 0 Å². The molecule has 0 aliphatic rings. The maximum atomic E-state index is 12.9. The number of benzene rings is 2. The number of hydrogen-bond donors (Lipinski definition) is 3. The number of nitrogens with one attached hydrogen (secondary N) is 2. The number of aryl methyl sites for hydroxylation is 1. The Morgan fingerprint density at radius 1 is 1.19 bits per heavy atom. The molecular formula is C14H14FN3O2S. The number of hydrogen-bond acceptors (Lipinski definition) is 3. The van der Waals surface area contributed by atoms with E-state index in [0.717, 1.165) is 12.1 Å². The maximum absolute atomic E-state index is 12.9. The summed E-state index contributed by atoms with van der Waals surface area (Å²) in [6.07, 6.45) is 0. The number of nitrogen functional groups attached to an aromatic ring is 1. The van der Waals surface area contributed by atoms with Crippen LogP contribution in [0.3, 0.4) is 0 Å². The molecule has 0 atom stereocenters. The molecule has 0 spiro atoms. The Hall–Kier alpha value is -2.41. The highest BCUT2D eigenvalue weighted by atomic mass is 32.2. The van der Waals surface area contributed by atoms with Crippen LogP contribution in [0.15, 0.2) is 47.4 Å². The Morgan fingerprint density at radius 3 is 2.38 bits per heavy atom. The minimum absolute atomic E-state index is 0.0449. The molecule has 0 amide bonds. The Balaban J connectivity index is 2.38. The number of rotatable bonds is 4. The van der Waals surface area contributed by atoms with Gasteiger partial charge in [0, 0.05) is 5.56 Å². The second-order valence-electron chi connectivity index (χ2n) is 4.50. The summed E-state index contributed by atoms with van der Waals surface area (Å²) in [6.45, 7) is 1.73. The number of sulfonamides is 1. The second-order valence-corrected chi connectivity index (χ2v) is 6.19. The van der Waals surface area contributed by atoms with Crippen LogP contribution in [0.2, 0.25) is 0 Å². The summed E-state index contributed by atoms with van der Waals surface area (Å²) in [5, 5.41) is 7.38. The van der Waals surface area contributed by atoms with Gasteiger partial charge in [-0.1, -0.05) is 12.1 Å². The number of nitrogens with two attached hydrogens (primary N) is 1. The van der Waals surface area contributed by atoms with Crippen molar-refractivity contribution in [3.63, 3.8) is 0 Å². The van der Waals surface area contributed by atoms with Crippen LogP contribution >= 0.6 is 0 Å². The number of halogens is 1. The van der Waals surface area contributed by atoms with Crippen molar-refractivity contribution in [1.82, 2.24) is 0 Å². The van der Waals surface area contributed by atoms with Gasteiger partial charge in [0.05, 0.1) is 10.6 Å². The Labute approximate surface area is 122 Å². The molecule has 4 N–H and O–H groups in total. The van der Waals surface area contributed by atoms with Crippen LogP contribution in [0, 0.1) is 18.2 Å². The van der Waals surface area contributed by atoms with Crippen molar-refractivity contribution in [2.24, 2.45) is 5.73 Å². The van der Waals surface area contributed by atoms with E-state index in [2.05, 4.69) is 4.72 Å². The fraction of sp³-hybridized carbons (Fsp3) is 0.0714. The van der Waals surface area contributed by atoms with E-state index >= 15 is 0 Å². The quantitative estimate of drug-likeness (QED) is 0.597. The van der Waals surface area contributed by atoms with Gasteiger partial charge in [-0.05, 0) is 42.8 Å². The Morgan fingerprint density at radius 2 is 1.81 bits per heavy atom. The molecule has 2 rings (SSSR count). The van der Waals surface area contributed by atoms with Crippen LogP contribution in [0.5, 0.6) is 0 Å². The number of amidine groups is 1. The molecule has 21 heavy (non-hydrogen) atoms. The molecule has 0 unspecified atom stereocenters. The topological polar surface area (TPSA) is 96.0 Å². The lowest BCUT2D eigenvalue weighted by molar-refractivity contribution is 0.599. The zero-order valence-corrected chi connectivity index (χ0v) is 12.0. The van der Waals surface area contributed by atoms with Crippen molar-refractivity contribution in [2.45, 2.75) is 11.8 Å². The van der Waals surface area contributed by atoms with E-state index < -0.39 is 15.8 Å². The summed E-state index contributed by atoms with van der Waals surface area (Å²) >= 11 is 0. The molecule has 0 saturated carbocycles. The van der Waals surface area contributed by atoms with Gasteiger partial charge in [0.25, 0.3) is 10.0 Å². The average Bonchev–Trinajstić information content (AvgIpc) is 2.41. The van der Waals surface area contributed by atoms with Crippen molar-refractivity contribution in [2.75, 3.05) is 4.72 Å². The van der Waals surface area contributed by atoms with Gasteiger partial charge >= 0.3 is 0 Å². The molecule has 0 aromatic heterocycles. The highest BCUT2D eigenvalue weighted by molar-refractivity contribution is 7.92. The monoisotopic (exact) mass is 307 g/mol. The zero-order valence-electron chi connectivity index (χ0n) is 11.2. The summed E-state index contributed by atoms with van der Waals surface area (Å²) < 4.78 is 39.7. The molecule has 0 aliphatic heterocycles. The Bertz CT molecular complexity index is 786. The smallest absolute Gasteiger partial charge is 0.261 e. The van der Waals surface area contributed by atoms with Gasteiger partial charge in [-0.25, -0.2) is 12.8 Å². The largest absolute Gasteiger partial charge is 0.384 e. The van der Waals surface area contributed by atoms with E-state index in [9.17, 15) is 12.8 Å². The third-order valence-corrected chi connectivity index (χ3v) is 4.30. The SMILES string of the molecule is Cc1ccc(C(=N)N)cc1NS(=O)(=O)c1ccc(F)cc1. The summed E-state index contributed by atoms with van der Waals surface area (Å²) in [6, 6.07) is 9.30. The third-order valence-electron chi connectivity index (χ3n) is 2.92. The second kappa shape index (κ2) is 5.53. The molecule has 0 saturated heterocycles. The lowest BCUT2D eigenvalue weighted by Crippen LogP contribution is -2.16.